The van der Waals surface area contributed by atoms with E-state index < -0.39 is 9.84 Å². The Morgan fingerprint density at radius 3 is 2.60 bits per heavy atom. The Morgan fingerprint density at radius 1 is 1.47 bits per heavy atom. The van der Waals surface area contributed by atoms with E-state index in [1.807, 2.05) is 6.92 Å². The second-order valence-electron chi connectivity index (χ2n) is 4.34. The minimum Gasteiger partial charge on any atom is -0.298 e. The highest BCUT2D eigenvalue weighted by molar-refractivity contribution is 8.01. The van der Waals surface area contributed by atoms with Crippen molar-refractivity contribution in [3.8, 4) is 0 Å². The summed E-state index contributed by atoms with van der Waals surface area (Å²) in [5.74, 6) is 1.39. The Kier molecular flexibility index (Phi) is 4.23. The molecule has 1 atom stereocenters. The van der Waals surface area contributed by atoms with Crippen LogP contribution in [-0.2, 0) is 14.6 Å². The molecule has 5 heteroatoms. The average Bonchev–Trinajstić information content (AvgIpc) is 2.51. The fourth-order valence-corrected chi connectivity index (χ4v) is 3.72. The van der Waals surface area contributed by atoms with E-state index >= 15 is 0 Å². The van der Waals surface area contributed by atoms with E-state index in [0.29, 0.717) is 12.8 Å². The number of ketones is 1. The van der Waals surface area contributed by atoms with E-state index in [1.165, 1.54) is 6.26 Å². The van der Waals surface area contributed by atoms with E-state index in [0.717, 1.165) is 18.6 Å². The second kappa shape index (κ2) is 4.87. The van der Waals surface area contributed by atoms with Crippen molar-refractivity contribution in [1.29, 1.82) is 0 Å². The third-order valence-electron chi connectivity index (χ3n) is 2.73. The van der Waals surface area contributed by atoms with Crippen LogP contribution in [0.4, 0.5) is 0 Å². The monoisotopic (exact) mass is 250 g/mol. The molecule has 0 radical (unpaired) electrons. The van der Waals surface area contributed by atoms with Gasteiger partial charge in [-0.05, 0) is 31.9 Å². The molecule has 1 saturated heterocycles. The summed E-state index contributed by atoms with van der Waals surface area (Å²) in [5, 5.41) is 0. The van der Waals surface area contributed by atoms with Crippen molar-refractivity contribution in [2.24, 2.45) is 0 Å². The lowest BCUT2D eigenvalue weighted by molar-refractivity contribution is -0.121. The first kappa shape index (κ1) is 13.0. The van der Waals surface area contributed by atoms with Gasteiger partial charge >= 0.3 is 0 Å². The molecule has 1 unspecified atom stereocenters. The molecule has 0 N–H and O–H groups in total. The highest BCUT2D eigenvalue weighted by Crippen LogP contribution is 2.39. The van der Waals surface area contributed by atoms with Gasteiger partial charge in [0.05, 0.1) is 10.5 Å². The van der Waals surface area contributed by atoms with Gasteiger partial charge in [-0.25, -0.2) is 8.42 Å². The number of carbonyl (C=O) groups is 1. The van der Waals surface area contributed by atoms with E-state index in [-0.39, 0.29) is 16.3 Å². The molecule has 88 valence electrons. The van der Waals surface area contributed by atoms with E-state index in [4.69, 9.17) is 0 Å². The Labute approximate surface area is 95.9 Å². The molecule has 0 saturated carbocycles. The summed E-state index contributed by atoms with van der Waals surface area (Å²) in [7, 11) is -2.92. The van der Waals surface area contributed by atoms with Gasteiger partial charge < -0.3 is 0 Å². The minimum absolute atomic E-state index is 0.124. The van der Waals surface area contributed by atoms with Gasteiger partial charge in [0.1, 0.15) is 15.6 Å². The molecule has 1 rings (SSSR count). The molecule has 1 fully saturated rings. The number of hydrogen-bond donors (Lipinski definition) is 0. The Morgan fingerprint density at radius 2 is 2.13 bits per heavy atom. The molecule has 1 aliphatic heterocycles. The summed E-state index contributed by atoms with van der Waals surface area (Å²) in [6.07, 6.45) is 4.11. The van der Waals surface area contributed by atoms with Crippen LogP contribution < -0.4 is 0 Å². The van der Waals surface area contributed by atoms with E-state index in [9.17, 15) is 13.2 Å². The van der Waals surface area contributed by atoms with E-state index in [1.54, 1.807) is 11.8 Å². The van der Waals surface area contributed by atoms with Crippen molar-refractivity contribution in [1.82, 2.24) is 0 Å². The average molecular weight is 250 g/mol. The summed E-state index contributed by atoms with van der Waals surface area (Å²) in [4.78, 5) is 11.8. The van der Waals surface area contributed by atoms with Crippen molar-refractivity contribution in [2.45, 2.75) is 37.4 Å². The Hall–Kier alpha value is -0.0300. The normalized spacial score (nSPS) is 26.8. The zero-order valence-corrected chi connectivity index (χ0v) is 10.9. The largest absolute Gasteiger partial charge is 0.298 e. The fourth-order valence-electron chi connectivity index (χ4n) is 1.76. The van der Waals surface area contributed by atoms with Crippen LogP contribution in [0.5, 0.6) is 0 Å². The van der Waals surface area contributed by atoms with Crippen LogP contribution in [0.15, 0.2) is 0 Å². The molecule has 0 aliphatic carbocycles. The zero-order chi connectivity index (χ0) is 11.5. The lowest BCUT2D eigenvalue weighted by atomic mass is 9.97. The first-order chi connectivity index (χ1) is 6.83. The van der Waals surface area contributed by atoms with Gasteiger partial charge in [-0.1, -0.05) is 0 Å². The van der Waals surface area contributed by atoms with Crippen LogP contribution in [0, 0.1) is 0 Å². The van der Waals surface area contributed by atoms with Crippen LogP contribution in [0.2, 0.25) is 0 Å². The quantitative estimate of drug-likeness (QED) is 0.744. The smallest absolute Gasteiger partial charge is 0.148 e. The molecule has 0 aromatic carbocycles. The molecule has 3 nitrogen and oxygen atoms in total. The van der Waals surface area contributed by atoms with Gasteiger partial charge in [0.25, 0.3) is 0 Å². The van der Waals surface area contributed by atoms with Crippen molar-refractivity contribution in [3.63, 3.8) is 0 Å². The van der Waals surface area contributed by atoms with Crippen molar-refractivity contribution in [2.75, 3.05) is 17.8 Å². The summed E-state index contributed by atoms with van der Waals surface area (Å²) >= 11 is 1.71. The molecule has 1 heterocycles. The van der Waals surface area contributed by atoms with Crippen molar-refractivity contribution < 1.29 is 13.2 Å². The molecule has 1 aliphatic rings. The lowest BCUT2D eigenvalue weighted by Gasteiger charge is -2.20. The maximum Gasteiger partial charge on any atom is 0.148 e. The van der Waals surface area contributed by atoms with Crippen LogP contribution in [0.3, 0.4) is 0 Å². The molecule has 15 heavy (non-hydrogen) atoms. The van der Waals surface area contributed by atoms with Crippen molar-refractivity contribution in [3.05, 3.63) is 0 Å². The third-order valence-corrected chi connectivity index (χ3v) is 5.32. The molecular formula is C10H18O3S2. The van der Waals surface area contributed by atoms with Gasteiger partial charge in [0, 0.05) is 12.7 Å². The number of rotatable bonds is 5. The topological polar surface area (TPSA) is 51.2 Å². The predicted octanol–water partition coefficient (Wildman–Crippen LogP) is 1.67. The van der Waals surface area contributed by atoms with Gasteiger partial charge in [0.2, 0.25) is 0 Å². The van der Waals surface area contributed by atoms with Crippen LogP contribution in [-0.4, -0.2) is 36.7 Å². The maximum absolute atomic E-state index is 11.8. The Balaban J connectivity index is 2.36. The summed E-state index contributed by atoms with van der Waals surface area (Å²) in [6.45, 7) is 1.98. The van der Waals surface area contributed by atoms with Gasteiger partial charge in [-0.15, -0.1) is 11.8 Å². The highest BCUT2D eigenvalue weighted by atomic mass is 32.2. The van der Waals surface area contributed by atoms with Crippen LogP contribution >= 0.6 is 11.8 Å². The first-order valence-corrected chi connectivity index (χ1v) is 8.23. The standard InChI is InChI=1S/C10H18O3S2/c1-10(6-4-7-14-10)9(11)5-3-8-15(2,12)13/h3-8H2,1-2H3. The Bertz CT molecular complexity index is 327. The third kappa shape index (κ3) is 4.15. The number of thioether (sulfide) groups is 1. The van der Waals surface area contributed by atoms with Crippen LogP contribution in [0.25, 0.3) is 0 Å². The molecular weight excluding hydrogens is 232 g/mol. The minimum atomic E-state index is -2.92. The number of hydrogen-bond acceptors (Lipinski definition) is 4. The predicted molar refractivity (Wildman–Crippen MR) is 64.0 cm³/mol. The lowest BCUT2D eigenvalue weighted by Crippen LogP contribution is -2.28. The zero-order valence-electron chi connectivity index (χ0n) is 9.28. The maximum atomic E-state index is 11.8. The van der Waals surface area contributed by atoms with Crippen LogP contribution in [0.1, 0.15) is 32.6 Å². The SMILES string of the molecule is CC1(C(=O)CCCS(C)(=O)=O)CCCS1. The van der Waals surface area contributed by atoms with Gasteiger partial charge in [-0.3, -0.25) is 4.79 Å². The van der Waals surface area contributed by atoms with Gasteiger partial charge in [0.15, 0.2) is 0 Å². The fraction of sp³-hybridized carbons (Fsp3) is 0.900. The first-order valence-electron chi connectivity index (χ1n) is 5.18. The second-order valence-corrected chi connectivity index (χ2v) is 8.20. The number of carbonyl (C=O) groups excluding carboxylic acids is 1. The molecule has 0 bridgehead atoms. The highest BCUT2D eigenvalue weighted by Gasteiger charge is 2.36. The summed E-state index contributed by atoms with van der Waals surface area (Å²) in [6, 6.07) is 0. The van der Waals surface area contributed by atoms with Gasteiger partial charge in [-0.2, -0.15) is 0 Å². The number of Topliss-reactive ketones (excluding diaryl/α,β-unsaturated/α-hetero) is 1. The molecule has 0 aromatic rings. The summed E-state index contributed by atoms with van der Waals surface area (Å²) in [5.41, 5.74) is 0. The number of sulfone groups is 1. The summed E-state index contributed by atoms with van der Waals surface area (Å²) < 4.78 is 21.6. The van der Waals surface area contributed by atoms with Crippen molar-refractivity contribution >= 4 is 27.4 Å². The molecule has 0 spiro atoms. The molecule has 0 amide bonds. The molecule has 0 aromatic heterocycles. The van der Waals surface area contributed by atoms with E-state index in [2.05, 4.69) is 0 Å².